The number of hydrogen-bond acceptors (Lipinski definition) is 4. The summed E-state index contributed by atoms with van der Waals surface area (Å²) in [6.07, 6.45) is 5.39. The van der Waals surface area contributed by atoms with Crippen molar-refractivity contribution in [1.82, 2.24) is 14.9 Å². The van der Waals surface area contributed by atoms with E-state index in [4.69, 9.17) is 11.6 Å². The molecule has 4 aromatic rings. The van der Waals surface area contributed by atoms with Gasteiger partial charge in [-0.2, -0.15) is 0 Å². The minimum absolute atomic E-state index is 0.190. The highest BCUT2D eigenvalue weighted by atomic mass is 35.5. The Balaban J connectivity index is 1.30. The standard InChI is InChI=1S/C24H21ClN4O2/c25-16-6-7-17-20(8-9-26-21(17)13-16)27-10-11-28-24(31)19-14-29-12-2-4-15-3-1-5-18(22(15)29)23(19)30/h1,3,5-9,13-14H,2,4,10-12H2,(H,26,27)(H,28,31). The van der Waals surface area contributed by atoms with Gasteiger partial charge in [-0.25, -0.2) is 0 Å². The summed E-state index contributed by atoms with van der Waals surface area (Å²) in [6, 6.07) is 13.2. The highest BCUT2D eigenvalue weighted by Crippen LogP contribution is 2.25. The van der Waals surface area contributed by atoms with E-state index in [1.165, 1.54) is 5.56 Å². The third-order valence-electron chi connectivity index (χ3n) is 5.70. The van der Waals surface area contributed by atoms with Gasteiger partial charge < -0.3 is 15.2 Å². The molecule has 0 radical (unpaired) electrons. The smallest absolute Gasteiger partial charge is 0.256 e. The van der Waals surface area contributed by atoms with E-state index >= 15 is 0 Å². The Hall–Kier alpha value is -3.38. The number of carbonyl (C=O) groups is 1. The van der Waals surface area contributed by atoms with Crippen molar-refractivity contribution in [2.75, 3.05) is 18.4 Å². The molecular formula is C24H21ClN4O2. The second-order valence-corrected chi connectivity index (χ2v) is 8.12. The second kappa shape index (κ2) is 8.04. The predicted molar refractivity (Wildman–Crippen MR) is 124 cm³/mol. The van der Waals surface area contributed by atoms with E-state index in [1.54, 1.807) is 12.4 Å². The molecule has 31 heavy (non-hydrogen) atoms. The summed E-state index contributed by atoms with van der Waals surface area (Å²) in [5.74, 6) is -0.347. The third kappa shape index (κ3) is 3.64. The van der Waals surface area contributed by atoms with Crippen LogP contribution in [0.15, 0.2) is 59.7 Å². The molecule has 0 bridgehead atoms. The highest BCUT2D eigenvalue weighted by Gasteiger charge is 2.19. The van der Waals surface area contributed by atoms with Gasteiger partial charge in [0.2, 0.25) is 5.43 Å². The Morgan fingerprint density at radius 3 is 2.94 bits per heavy atom. The SMILES string of the molecule is O=C(NCCNc1ccnc2cc(Cl)ccc12)c1cn2c3c(cccc3c1=O)CCC2. The number of para-hydroxylation sites is 1. The van der Waals surface area contributed by atoms with E-state index in [9.17, 15) is 9.59 Å². The summed E-state index contributed by atoms with van der Waals surface area (Å²) < 4.78 is 2.04. The molecule has 5 rings (SSSR count). The van der Waals surface area contributed by atoms with Crippen LogP contribution in [0.4, 0.5) is 5.69 Å². The lowest BCUT2D eigenvalue weighted by atomic mass is 10.00. The summed E-state index contributed by atoms with van der Waals surface area (Å²) in [5, 5.41) is 8.39. The van der Waals surface area contributed by atoms with Crippen LogP contribution in [0.2, 0.25) is 5.02 Å². The molecule has 1 aliphatic rings. The first-order chi connectivity index (χ1) is 15.1. The summed E-state index contributed by atoms with van der Waals surface area (Å²) in [4.78, 5) is 30.0. The zero-order valence-electron chi connectivity index (χ0n) is 16.8. The number of rotatable bonds is 5. The van der Waals surface area contributed by atoms with Gasteiger partial charge in [-0.15, -0.1) is 0 Å². The Morgan fingerprint density at radius 2 is 2.03 bits per heavy atom. The van der Waals surface area contributed by atoms with E-state index < -0.39 is 0 Å². The van der Waals surface area contributed by atoms with Gasteiger partial charge in [0.05, 0.1) is 11.0 Å². The maximum atomic E-state index is 12.9. The molecule has 0 saturated carbocycles. The molecule has 7 heteroatoms. The van der Waals surface area contributed by atoms with Crippen molar-refractivity contribution in [3.63, 3.8) is 0 Å². The monoisotopic (exact) mass is 432 g/mol. The third-order valence-corrected chi connectivity index (χ3v) is 5.94. The van der Waals surface area contributed by atoms with E-state index in [0.29, 0.717) is 23.5 Å². The van der Waals surface area contributed by atoms with Crippen LogP contribution < -0.4 is 16.1 Å². The molecule has 1 aliphatic heterocycles. The summed E-state index contributed by atoms with van der Waals surface area (Å²) >= 11 is 6.04. The molecule has 2 aromatic heterocycles. The van der Waals surface area contributed by atoms with Crippen molar-refractivity contribution in [3.05, 3.63) is 81.2 Å². The summed E-state index contributed by atoms with van der Waals surface area (Å²) in [6.45, 7) is 1.71. The molecule has 6 nitrogen and oxygen atoms in total. The number of amides is 1. The minimum Gasteiger partial charge on any atom is -0.383 e. The fraction of sp³-hybridized carbons (Fsp3) is 0.208. The lowest BCUT2D eigenvalue weighted by Gasteiger charge is -2.20. The van der Waals surface area contributed by atoms with Crippen molar-refractivity contribution in [1.29, 1.82) is 0 Å². The van der Waals surface area contributed by atoms with Crippen LogP contribution in [0.25, 0.3) is 21.8 Å². The van der Waals surface area contributed by atoms with E-state index in [1.807, 2.05) is 41.0 Å². The van der Waals surface area contributed by atoms with Crippen LogP contribution in [0.5, 0.6) is 0 Å². The maximum Gasteiger partial charge on any atom is 0.256 e. The fourth-order valence-electron chi connectivity index (χ4n) is 4.26. The number of pyridine rings is 2. The molecule has 156 valence electrons. The number of fused-ring (bicyclic) bond motifs is 1. The molecule has 0 aliphatic carbocycles. The normalized spacial score (nSPS) is 12.8. The van der Waals surface area contributed by atoms with Crippen molar-refractivity contribution < 1.29 is 4.79 Å². The van der Waals surface area contributed by atoms with Crippen molar-refractivity contribution in [3.8, 4) is 0 Å². The number of hydrogen-bond donors (Lipinski definition) is 2. The number of nitrogens with zero attached hydrogens (tertiary/aromatic N) is 2. The van der Waals surface area contributed by atoms with E-state index in [-0.39, 0.29) is 16.9 Å². The predicted octanol–water partition coefficient (Wildman–Crippen LogP) is 3.99. The average Bonchev–Trinajstić information content (AvgIpc) is 2.78. The number of carbonyl (C=O) groups excluding carboxylic acids is 1. The first-order valence-electron chi connectivity index (χ1n) is 10.3. The first kappa shape index (κ1) is 19.6. The van der Waals surface area contributed by atoms with Crippen LogP contribution in [0.3, 0.4) is 0 Å². The first-order valence-corrected chi connectivity index (χ1v) is 10.7. The largest absolute Gasteiger partial charge is 0.383 e. The minimum atomic E-state index is -0.347. The Kier molecular flexibility index (Phi) is 5.08. The van der Waals surface area contributed by atoms with Gasteiger partial charge in [0, 0.05) is 53.5 Å². The molecule has 0 fully saturated rings. The van der Waals surface area contributed by atoms with Crippen molar-refractivity contribution in [2.24, 2.45) is 0 Å². The number of anilines is 1. The molecule has 3 heterocycles. The number of nitrogens with one attached hydrogen (secondary N) is 2. The highest BCUT2D eigenvalue weighted by molar-refractivity contribution is 6.31. The van der Waals surface area contributed by atoms with Gasteiger partial charge in [0.25, 0.3) is 5.91 Å². The average molecular weight is 433 g/mol. The van der Waals surface area contributed by atoms with Crippen LogP contribution in [-0.4, -0.2) is 28.5 Å². The van der Waals surface area contributed by atoms with Crippen LogP contribution in [0, 0.1) is 0 Å². The maximum absolute atomic E-state index is 12.9. The van der Waals surface area contributed by atoms with Crippen molar-refractivity contribution >= 4 is 45.0 Å². The van der Waals surface area contributed by atoms with Gasteiger partial charge in [-0.3, -0.25) is 14.6 Å². The van der Waals surface area contributed by atoms with Gasteiger partial charge in [-0.05, 0) is 48.7 Å². The Morgan fingerprint density at radius 1 is 1.13 bits per heavy atom. The summed E-state index contributed by atoms with van der Waals surface area (Å²) in [5.41, 5.74) is 3.83. The molecule has 0 atom stereocenters. The molecule has 2 aromatic carbocycles. The zero-order chi connectivity index (χ0) is 21.4. The topological polar surface area (TPSA) is 76.0 Å². The molecular weight excluding hydrogens is 412 g/mol. The molecule has 0 saturated heterocycles. The van der Waals surface area contributed by atoms with Gasteiger partial charge in [-0.1, -0.05) is 23.7 Å². The van der Waals surface area contributed by atoms with Gasteiger partial charge in [0.15, 0.2) is 0 Å². The number of halogens is 1. The molecule has 2 N–H and O–H groups in total. The Bertz CT molecular complexity index is 1380. The quantitative estimate of drug-likeness (QED) is 0.467. The van der Waals surface area contributed by atoms with Crippen LogP contribution in [-0.2, 0) is 13.0 Å². The van der Waals surface area contributed by atoms with Crippen LogP contribution in [0.1, 0.15) is 22.3 Å². The number of aromatic nitrogens is 2. The number of aryl methyl sites for hydroxylation is 2. The summed E-state index contributed by atoms with van der Waals surface area (Å²) in [7, 11) is 0. The number of benzene rings is 2. The van der Waals surface area contributed by atoms with Crippen molar-refractivity contribution in [2.45, 2.75) is 19.4 Å². The lowest BCUT2D eigenvalue weighted by molar-refractivity contribution is 0.0953. The van der Waals surface area contributed by atoms with E-state index in [0.717, 1.165) is 41.5 Å². The van der Waals surface area contributed by atoms with Gasteiger partial charge in [0.1, 0.15) is 5.56 Å². The molecule has 1 amide bonds. The fourth-order valence-corrected chi connectivity index (χ4v) is 4.43. The van der Waals surface area contributed by atoms with Crippen LogP contribution >= 0.6 is 11.6 Å². The second-order valence-electron chi connectivity index (χ2n) is 7.68. The zero-order valence-corrected chi connectivity index (χ0v) is 17.6. The van der Waals surface area contributed by atoms with E-state index in [2.05, 4.69) is 21.7 Å². The lowest BCUT2D eigenvalue weighted by Crippen LogP contribution is -2.33. The Labute approximate surface area is 183 Å². The molecule has 0 unspecified atom stereocenters. The molecule has 0 spiro atoms. The van der Waals surface area contributed by atoms with Gasteiger partial charge >= 0.3 is 0 Å².